The highest BCUT2D eigenvalue weighted by Gasteiger charge is 1.91. The molecule has 0 aliphatic heterocycles. The quantitative estimate of drug-likeness (QED) is 0.524. The molecule has 0 unspecified atom stereocenters. The van der Waals surface area contributed by atoms with Gasteiger partial charge in [-0.15, -0.1) is 0 Å². The maximum Gasteiger partial charge on any atom is 0.0672 e. The highest BCUT2D eigenvalue weighted by Crippen LogP contribution is 2.09. The molecule has 1 rings (SSSR count). The summed E-state index contributed by atoms with van der Waals surface area (Å²) in [6.45, 7) is 1.49. The second-order valence-electron chi connectivity index (χ2n) is 2.78. The Kier molecular flexibility index (Phi) is 2.69. The first-order valence-corrected chi connectivity index (χ1v) is 3.85. The predicted molar refractivity (Wildman–Crippen MR) is 49.5 cm³/mol. The first-order chi connectivity index (χ1) is 6.09. The number of nitrogen functional groups attached to an aromatic ring is 1. The van der Waals surface area contributed by atoms with Gasteiger partial charge in [0.1, 0.15) is 0 Å². The van der Waals surface area contributed by atoms with Crippen LogP contribution in [-0.4, -0.2) is 5.97 Å². The Bertz CT molecular complexity index is 338. The lowest BCUT2D eigenvalue weighted by Crippen LogP contribution is -2.22. The Morgan fingerprint density at radius 1 is 1.38 bits per heavy atom. The van der Waals surface area contributed by atoms with Gasteiger partial charge in [-0.1, -0.05) is 18.2 Å². The summed E-state index contributed by atoms with van der Waals surface area (Å²) >= 11 is 0. The Balaban J connectivity index is 2.92. The summed E-state index contributed by atoms with van der Waals surface area (Å²) in [5.41, 5.74) is 7.12. The zero-order valence-corrected chi connectivity index (χ0v) is 7.28. The van der Waals surface area contributed by atoms with Crippen molar-refractivity contribution in [3.05, 3.63) is 35.4 Å². The lowest BCUT2D eigenvalue weighted by atomic mass is 10.1. The van der Waals surface area contributed by atoms with E-state index in [2.05, 4.69) is 0 Å². The summed E-state index contributed by atoms with van der Waals surface area (Å²) in [5, 5.41) is 10.4. The lowest BCUT2D eigenvalue weighted by Gasteiger charge is -2.01. The predicted octanol–water partition coefficient (Wildman–Crippen LogP) is 0.422. The molecule has 1 aromatic rings. The normalized spacial score (nSPS) is 11.3. The molecule has 0 aliphatic rings. The molecule has 68 valence electrons. The molecule has 0 aromatic heterocycles. The van der Waals surface area contributed by atoms with Gasteiger partial charge in [-0.2, -0.15) is 0 Å². The summed E-state index contributed by atoms with van der Waals surface area (Å²) in [5.74, 6) is -1.16. The number of carbonyl (C=O) groups excluding carboxylic acids is 1. The van der Waals surface area contributed by atoms with Crippen LogP contribution in [0, 0.1) is 0 Å². The third-order valence-electron chi connectivity index (χ3n) is 1.64. The first kappa shape index (κ1) is 9.32. The van der Waals surface area contributed by atoms with E-state index in [1.165, 1.54) is 13.0 Å². The molecule has 0 heterocycles. The number of carbonyl (C=O) groups is 1. The van der Waals surface area contributed by atoms with E-state index in [1.54, 1.807) is 24.3 Å². The number of benzene rings is 1. The second-order valence-corrected chi connectivity index (χ2v) is 2.78. The zero-order valence-electron chi connectivity index (χ0n) is 7.28. The van der Waals surface area contributed by atoms with Gasteiger partial charge < -0.3 is 15.6 Å². The van der Waals surface area contributed by atoms with Crippen molar-refractivity contribution in [1.29, 1.82) is 0 Å². The zero-order chi connectivity index (χ0) is 9.84. The van der Waals surface area contributed by atoms with Crippen LogP contribution in [0.3, 0.4) is 0 Å². The van der Waals surface area contributed by atoms with Gasteiger partial charge in [0, 0.05) is 5.69 Å². The topological polar surface area (TPSA) is 66.2 Å². The van der Waals surface area contributed by atoms with Crippen LogP contribution < -0.4 is 10.8 Å². The van der Waals surface area contributed by atoms with Crippen molar-refractivity contribution in [1.82, 2.24) is 0 Å². The van der Waals surface area contributed by atoms with Gasteiger partial charge in [-0.3, -0.25) is 0 Å². The third kappa shape index (κ3) is 2.63. The van der Waals surface area contributed by atoms with Crippen molar-refractivity contribution in [2.75, 3.05) is 5.73 Å². The maximum atomic E-state index is 10.4. The van der Waals surface area contributed by atoms with Crippen molar-refractivity contribution in [3.63, 3.8) is 0 Å². The van der Waals surface area contributed by atoms with Crippen molar-refractivity contribution in [2.24, 2.45) is 0 Å². The molecule has 0 saturated carbocycles. The molecule has 0 radical (unpaired) electrons. The Hall–Kier alpha value is -1.77. The monoisotopic (exact) mass is 176 g/mol. The van der Waals surface area contributed by atoms with E-state index in [0.29, 0.717) is 5.69 Å². The van der Waals surface area contributed by atoms with Gasteiger partial charge in [0.2, 0.25) is 0 Å². The average molecular weight is 176 g/mol. The minimum atomic E-state index is -1.16. The fourth-order valence-corrected chi connectivity index (χ4v) is 0.901. The van der Waals surface area contributed by atoms with Gasteiger partial charge >= 0.3 is 0 Å². The van der Waals surface area contributed by atoms with Gasteiger partial charge in [0.05, 0.1) is 5.97 Å². The number of rotatable bonds is 2. The third-order valence-corrected chi connectivity index (χ3v) is 1.64. The first-order valence-electron chi connectivity index (χ1n) is 3.85. The maximum absolute atomic E-state index is 10.4. The van der Waals surface area contributed by atoms with E-state index in [0.717, 1.165) is 5.56 Å². The lowest BCUT2D eigenvalue weighted by molar-refractivity contribution is -0.299. The number of carboxylic acid groups (broad SMARTS) is 1. The summed E-state index contributed by atoms with van der Waals surface area (Å²) in [7, 11) is 0. The highest BCUT2D eigenvalue weighted by molar-refractivity contribution is 5.89. The number of hydrogen-bond acceptors (Lipinski definition) is 3. The molecule has 3 nitrogen and oxygen atoms in total. The van der Waals surface area contributed by atoms with Crippen LogP contribution in [0.25, 0.3) is 6.08 Å². The largest absolute Gasteiger partial charge is 0.545 e. The van der Waals surface area contributed by atoms with E-state index in [1.807, 2.05) is 0 Å². The Labute approximate surface area is 76.5 Å². The molecule has 0 bridgehead atoms. The van der Waals surface area contributed by atoms with Crippen molar-refractivity contribution >= 4 is 17.7 Å². The number of carboxylic acids is 1. The van der Waals surface area contributed by atoms with Crippen LogP contribution in [-0.2, 0) is 4.79 Å². The number of hydrogen-bond donors (Lipinski definition) is 1. The molecule has 0 atom stereocenters. The summed E-state index contributed by atoms with van der Waals surface area (Å²) in [4.78, 5) is 10.4. The minimum absolute atomic E-state index is 0.199. The molecule has 13 heavy (non-hydrogen) atoms. The fourth-order valence-electron chi connectivity index (χ4n) is 0.901. The number of aliphatic carboxylic acids is 1. The summed E-state index contributed by atoms with van der Waals surface area (Å²) < 4.78 is 0. The molecule has 0 spiro atoms. The average Bonchev–Trinajstić information content (AvgIpc) is 2.08. The van der Waals surface area contributed by atoms with Gasteiger partial charge in [-0.25, -0.2) is 0 Å². The van der Waals surface area contributed by atoms with Crippen LogP contribution >= 0.6 is 0 Å². The minimum Gasteiger partial charge on any atom is -0.545 e. The standard InChI is InChI=1S/C10H11NO2/c1-7(10(12)13)6-8-2-4-9(11)5-3-8/h2-6H,11H2,1H3,(H,12,13)/p-1/b7-6+. The van der Waals surface area contributed by atoms with E-state index in [4.69, 9.17) is 5.73 Å². The summed E-state index contributed by atoms with van der Waals surface area (Å²) in [6, 6.07) is 6.94. The van der Waals surface area contributed by atoms with Crippen molar-refractivity contribution in [2.45, 2.75) is 6.92 Å². The molecular formula is C10H10NO2-. The van der Waals surface area contributed by atoms with Crippen molar-refractivity contribution < 1.29 is 9.90 Å². The Morgan fingerprint density at radius 3 is 2.38 bits per heavy atom. The van der Waals surface area contributed by atoms with Crippen LogP contribution in [0.15, 0.2) is 29.8 Å². The van der Waals surface area contributed by atoms with Crippen LogP contribution in [0.4, 0.5) is 5.69 Å². The van der Waals surface area contributed by atoms with E-state index < -0.39 is 5.97 Å². The van der Waals surface area contributed by atoms with Crippen molar-refractivity contribution in [3.8, 4) is 0 Å². The van der Waals surface area contributed by atoms with Gasteiger partial charge in [0.25, 0.3) is 0 Å². The van der Waals surface area contributed by atoms with Crippen LogP contribution in [0.5, 0.6) is 0 Å². The molecule has 2 N–H and O–H groups in total. The highest BCUT2D eigenvalue weighted by atomic mass is 16.4. The smallest absolute Gasteiger partial charge is 0.0672 e. The van der Waals surface area contributed by atoms with E-state index >= 15 is 0 Å². The molecule has 0 amide bonds. The second kappa shape index (κ2) is 3.76. The van der Waals surface area contributed by atoms with E-state index in [-0.39, 0.29) is 5.57 Å². The van der Waals surface area contributed by atoms with Crippen LogP contribution in [0.2, 0.25) is 0 Å². The fraction of sp³-hybridized carbons (Fsp3) is 0.100. The molecule has 3 heteroatoms. The SMILES string of the molecule is C/C(=C\c1ccc(N)cc1)C(=O)[O-]. The molecule has 0 saturated heterocycles. The summed E-state index contributed by atoms with van der Waals surface area (Å²) in [6.07, 6.45) is 1.54. The number of anilines is 1. The molecular weight excluding hydrogens is 166 g/mol. The molecule has 1 aromatic carbocycles. The number of nitrogens with two attached hydrogens (primary N) is 1. The van der Waals surface area contributed by atoms with Gasteiger partial charge in [0.15, 0.2) is 0 Å². The molecule has 0 aliphatic carbocycles. The van der Waals surface area contributed by atoms with E-state index in [9.17, 15) is 9.90 Å². The van der Waals surface area contributed by atoms with Crippen LogP contribution in [0.1, 0.15) is 12.5 Å². The molecule has 0 fully saturated rings. The Morgan fingerprint density at radius 2 is 1.92 bits per heavy atom. The van der Waals surface area contributed by atoms with Gasteiger partial charge in [-0.05, 0) is 30.2 Å².